The van der Waals surface area contributed by atoms with E-state index in [1.807, 2.05) is 36.4 Å². The van der Waals surface area contributed by atoms with Gasteiger partial charge >= 0.3 is 5.97 Å². The van der Waals surface area contributed by atoms with Crippen LogP contribution in [0.15, 0.2) is 65.8 Å². The highest BCUT2D eigenvalue weighted by Crippen LogP contribution is 2.26. The molecule has 26 heavy (non-hydrogen) atoms. The number of amides is 1. The number of nitrogens with one attached hydrogen (secondary N) is 1. The Bertz CT molecular complexity index is 966. The Morgan fingerprint density at radius 1 is 1.15 bits per heavy atom. The van der Waals surface area contributed by atoms with Crippen LogP contribution in [0, 0.1) is 11.3 Å². The van der Waals surface area contributed by atoms with Crippen molar-refractivity contribution in [3.05, 3.63) is 76.9 Å². The van der Waals surface area contributed by atoms with Crippen molar-refractivity contribution in [2.24, 2.45) is 0 Å². The molecule has 0 aliphatic carbocycles. The van der Waals surface area contributed by atoms with Gasteiger partial charge in [0.15, 0.2) is 0 Å². The molecule has 0 atom stereocenters. The summed E-state index contributed by atoms with van der Waals surface area (Å²) in [5, 5.41) is 20.7. The number of carboxylic acids is 1. The minimum absolute atomic E-state index is 0.0680. The van der Waals surface area contributed by atoms with E-state index in [4.69, 9.17) is 9.84 Å². The molecular formula is C20H14N2O4. The number of hydrogen-bond acceptors (Lipinski definition) is 4. The zero-order valence-corrected chi connectivity index (χ0v) is 13.6. The number of carboxylic acid groups (broad SMARTS) is 1. The summed E-state index contributed by atoms with van der Waals surface area (Å²) in [6.07, 6.45) is 3.35. The normalized spacial score (nSPS) is 12.9. The minimum atomic E-state index is -1.05. The monoisotopic (exact) mass is 346 g/mol. The zero-order valence-electron chi connectivity index (χ0n) is 13.6. The Hall–Kier alpha value is -3.85. The zero-order chi connectivity index (χ0) is 18.5. The number of nitriles is 1. The summed E-state index contributed by atoms with van der Waals surface area (Å²) < 4.78 is 5.61. The third-order valence-electron chi connectivity index (χ3n) is 3.74. The summed E-state index contributed by atoms with van der Waals surface area (Å²) in [6.45, 7) is 0.267. The first-order valence-electron chi connectivity index (χ1n) is 7.76. The number of para-hydroxylation sites is 1. The van der Waals surface area contributed by atoms with Gasteiger partial charge in [-0.25, -0.2) is 4.79 Å². The van der Waals surface area contributed by atoms with Gasteiger partial charge < -0.3 is 15.2 Å². The second kappa shape index (κ2) is 7.36. The molecule has 1 aliphatic heterocycles. The lowest BCUT2D eigenvalue weighted by molar-refractivity contribution is -0.112. The van der Waals surface area contributed by atoms with E-state index < -0.39 is 11.9 Å². The predicted octanol–water partition coefficient (Wildman–Crippen LogP) is 3.25. The molecule has 0 fully saturated rings. The second-order valence-corrected chi connectivity index (χ2v) is 5.55. The molecule has 0 saturated heterocycles. The SMILES string of the molecule is N#C/C(=C\C1=Cc2ccccc2OC1)C(=O)Nc1ccc(C(=O)O)cc1. The molecule has 1 amide bonds. The molecule has 0 unspecified atom stereocenters. The van der Waals surface area contributed by atoms with Gasteiger partial charge in [0.05, 0.1) is 5.56 Å². The summed E-state index contributed by atoms with van der Waals surface area (Å²) in [4.78, 5) is 23.1. The molecule has 0 aromatic heterocycles. The van der Waals surface area contributed by atoms with E-state index in [1.165, 1.54) is 30.3 Å². The molecule has 1 aliphatic rings. The average molecular weight is 346 g/mol. The molecule has 0 spiro atoms. The van der Waals surface area contributed by atoms with E-state index in [2.05, 4.69) is 5.32 Å². The standard InChI is InChI=1S/C20H14N2O4/c21-11-16(10-13-9-15-3-1-2-4-18(15)26-12-13)19(23)22-17-7-5-14(6-8-17)20(24)25/h1-10H,12H2,(H,22,23)(H,24,25)/b16-10+. The smallest absolute Gasteiger partial charge is 0.335 e. The number of anilines is 1. The van der Waals surface area contributed by atoms with Crippen LogP contribution in [0.1, 0.15) is 15.9 Å². The number of nitrogens with zero attached hydrogens (tertiary/aromatic N) is 1. The van der Waals surface area contributed by atoms with E-state index >= 15 is 0 Å². The first kappa shape index (κ1) is 17.0. The molecule has 0 bridgehead atoms. The molecule has 0 radical (unpaired) electrons. The Kier molecular flexibility index (Phi) is 4.81. The number of carbonyl (C=O) groups excluding carboxylic acids is 1. The van der Waals surface area contributed by atoms with Crippen LogP contribution in [-0.2, 0) is 4.79 Å². The van der Waals surface area contributed by atoms with E-state index in [-0.39, 0.29) is 17.7 Å². The number of benzene rings is 2. The quantitative estimate of drug-likeness (QED) is 0.654. The summed E-state index contributed by atoms with van der Waals surface area (Å²) >= 11 is 0. The number of fused-ring (bicyclic) bond motifs is 1. The van der Waals surface area contributed by atoms with Crippen molar-refractivity contribution in [1.82, 2.24) is 0 Å². The fraction of sp³-hybridized carbons (Fsp3) is 0.0500. The third-order valence-corrected chi connectivity index (χ3v) is 3.74. The minimum Gasteiger partial charge on any atom is -0.488 e. The van der Waals surface area contributed by atoms with Gasteiger partial charge in [0.25, 0.3) is 5.91 Å². The number of rotatable bonds is 4. The lowest BCUT2D eigenvalue weighted by Crippen LogP contribution is -2.15. The average Bonchev–Trinajstić information content (AvgIpc) is 2.66. The van der Waals surface area contributed by atoms with Crippen molar-refractivity contribution < 1.29 is 19.4 Å². The van der Waals surface area contributed by atoms with Crippen molar-refractivity contribution in [3.8, 4) is 11.8 Å². The summed E-state index contributed by atoms with van der Waals surface area (Å²) in [5.41, 5.74) is 2.03. The van der Waals surface area contributed by atoms with Crippen LogP contribution in [0.2, 0.25) is 0 Å². The number of carbonyl (C=O) groups is 2. The maximum Gasteiger partial charge on any atom is 0.335 e. The van der Waals surface area contributed by atoms with Crippen LogP contribution >= 0.6 is 0 Å². The van der Waals surface area contributed by atoms with E-state index in [1.54, 1.807) is 0 Å². The summed E-state index contributed by atoms with van der Waals surface area (Å²) in [6, 6.07) is 15.1. The van der Waals surface area contributed by atoms with E-state index in [0.29, 0.717) is 11.3 Å². The number of ether oxygens (including phenoxy) is 1. The predicted molar refractivity (Wildman–Crippen MR) is 95.6 cm³/mol. The molecular weight excluding hydrogens is 332 g/mol. The van der Waals surface area contributed by atoms with Crippen LogP contribution in [0.3, 0.4) is 0 Å². The molecule has 6 heteroatoms. The highest BCUT2D eigenvalue weighted by Gasteiger charge is 2.14. The fourth-order valence-electron chi connectivity index (χ4n) is 2.45. The van der Waals surface area contributed by atoms with Crippen molar-refractivity contribution in [2.45, 2.75) is 0 Å². The van der Waals surface area contributed by atoms with Gasteiger partial charge in [-0.3, -0.25) is 4.79 Å². The van der Waals surface area contributed by atoms with Gasteiger partial charge in [0.1, 0.15) is 24.0 Å². The van der Waals surface area contributed by atoms with E-state index in [0.717, 1.165) is 11.3 Å². The highest BCUT2D eigenvalue weighted by atomic mass is 16.5. The maximum atomic E-state index is 12.3. The van der Waals surface area contributed by atoms with Gasteiger partial charge in [-0.05, 0) is 48.1 Å². The van der Waals surface area contributed by atoms with Gasteiger partial charge in [0.2, 0.25) is 0 Å². The summed E-state index contributed by atoms with van der Waals surface area (Å²) in [5.74, 6) is -0.869. The van der Waals surface area contributed by atoms with Crippen LogP contribution < -0.4 is 10.1 Å². The van der Waals surface area contributed by atoms with Crippen molar-refractivity contribution >= 4 is 23.6 Å². The Labute approximate surface area is 149 Å². The molecule has 2 aromatic carbocycles. The van der Waals surface area contributed by atoms with Gasteiger partial charge in [-0.1, -0.05) is 18.2 Å². The highest BCUT2D eigenvalue weighted by molar-refractivity contribution is 6.07. The number of hydrogen-bond donors (Lipinski definition) is 2. The Morgan fingerprint density at radius 2 is 1.88 bits per heavy atom. The molecule has 6 nitrogen and oxygen atoms in total. The van der Waals surface area contributed by atoms with Crippen molar-refractivity contribution in [1.29, 1.82) is 5.26 Å². The first-order valence-corrected chi connectivity index (χ1v) is 7.76. The molecule has 2 N–H and O–H groups in total. The van der Waals surface area contributed by atoms with Crippen LogP contribution in [0.25, 0.3) is 6.08 Å². The maximum absolute atomic E-state index is 12.3. The second-order valence-electron chi connectivity index (χ2n) is 5.55. The van der Waals surface area contributed by atoms with Gasteiger partial charge in [0, 0.05) is 11.3 Å². The first-order chi connectivity index (χ1) is 12.6. The van der Waals surface area contributed by atoms with Crippen LogP contribution in [0.5, 0.6) is 5.75 Å². The lowest BCUT2D eigenvalue weighted by Gasteiger charge is -2.16. The van der Waals surface area contributed by atoms with E-state index in [9.17, 15) is 14.9 Å². The molecule has 0 saturated carbocycles. The largest absolute Gasteiger partial charge is 0.488 e. The topological polar surface area (TPSA) is 99.4 Å². The van der Waals surface area contributed by atoms with Crippen molar-refractivity contribution in [2.75, 3.05) is 11.9 Å². The van der Waals surface area contributed by atoms with Crippen LogP contribution in [-0.4, -0.2) is 23.6 Å². The molecule has 2 aromatic rings. The molecule has 3 rings (SSSR count). The Morgan fingerprint density at radius 3 is 2.58 bits per heavy atom. The molecule has 128 valence electrons. The third kappa shape index (κ3) is 3.79. The van der Waals surface area contributed by atoms with Gasteiger partial charge in [-0.15, -0.1) is 0 Å². The number of aromatic carboxylic acids is 1. The lowest BCUT2D eigenvalue weighted by atomic mass is 10.1. The summed E-state index contributed by atoms with van der Waals surface area (Å²) in [7, 11) is 0. The van der Waals surface area contributed by atoms with Crippen LogP contribution in [0.4, 0.5) is 5.69 Å². The molecule has 1 heterocycles. The van der Waals surface area contributed by atoms with Gasteiger partial charge in [-0.2, -0.15) is 5.26 Å². The Balaban J connectivity index is 1.77. The van der Waals surface area contributed by atoms with Crippen molar-refractivity contribution in [3.63, 3.8) is 0 Å². The fourth-order valence-corrected chi connectivity index (χ4v) is 2.45.